The smallest absolute Gasteiger partial charge is 0.343 e. The molecule has 38 heavy (non-hydrogen) atoms. The number of rotatable bonds is 10. The van der Waals surface area contributed by atoms with Crippen LogP contribution in [0.25, 0.3) is 0 Å². The SMILES string of the molecule is CC(C)CCN1CCCCC1C(=O)N[C@@H](Cc1ccc(OC(=O)c2ccccc2)cc1)C(=O)OC(C)(C)C. The second-order valence-corrected chi connectivity index (χ2v) is 11.4. The van der Waals surface area contributed by atoms with Crippen LogP contribution < -0.4 is 10.1 Å². The summed E-state index contributed by atoms with van der Waals surface area (Å²) in [5, 5.41) is 3.00. The van der Waals surface area contributed by atoms with Crippen molar-refractivity contribution in [1.82, 2.24) is 10.2 Å². The Kier molecular flexibility index (Phi) is 10.5. The van der Waals surface area contributed by atoms with Crippen molar-refractivity contribution in [1.29, 1.82) is 0 Å². The molecule has 1 N–H and O–H groups in total. The fourth-order valence-corrected chi connectivity index (χ4v) is 4.48. The van der Waals surface area contributed by atoms with Crippen LogP contribution in [0.1, 0.15) is 76.2 Å². The molecule has 0 aromatic heterocycles. The number of esters is 2. The zero-order chi connectivity index (χ0) is 27.7. The fourth-order valence-electron chi connectivity index (χ4n) is 4.48. The van der Waals surface area contributed by atoms with Crippen LogP contribution in [-0.4, -0.2) is 53.5 Å². The molecule has 1 aliphatic heterocycles. The van der Waals surface area contributed by atoms with Gasteiger partial charge in [0.2, 0.25) is 5.91 Å². The molecule has 206 valence electrons. The maximum Gasteiger partial charge on any atom is 0.343 e. The Labute approximate surface area is 226 Å². The van der Waals surface area contributed by atoms with Gasteiger partial charge in [-0.25, -0.2) is 9.59 Å². The van der Waals surface area contributed by atoms with Crippen LogP contribution in [0.15, 0.2) is 54.6 Å². The van der Waals surface area contributed by atoms with Crippen LogP contribution >= 0.6 is 0 Å². The van der Waals surface area contributed by atoms with E-state index in [0.29, 0.717) is 17.2 Å². The van der Waals surface area contributed by atoms with Gasteiger partial charge in [-0.1, -0.05) is 50.6 Å². The number of ether oxygens (including phenoxy) is 2. The van der Waals surface area contributed by atoms with Gasteiger partial charge in [-0.2, -0.15) is 0 Å². The molecule has 2 aromatic rings. The standard InChI is InChI=1S/C31H42N2O5/c1-22(2)18-20-33-19-10-9-13-27(33)28(34)32-26(30(36)38-31(3,4)5)21-23-14-16-25(17-15-23)37-29(35)24-11-7-6-8-12-24/h6-8,11-12,14-17,22,26-27H,9-10,13,18-21H2,1-5H3,(H,32,34)/t26-,27?/m0/s1. The Bertz CT molecular complexity index is 1060. The first-order chi connectivity index (χ1) is 18.0. The van der Waals surface area contributed by atoms with Crippen molar-refractivity contribution in [3.05, 3.63) is 65.7 Å². The number of nitrogens with one attached hydrogen (secondary N) is 1. The van der Waals surface area contributed by atoms with Gasteiger partial charge in [0.05, 0.1) is 11.6 Å². The van der Waals surface area contributed by atoms with E-state index in [4.69, 9.17) is 9.47 Å². The van der Waals surface area contributed by atoms with Gasteiger partial charge in [0, 0.05) is 6.42 Å². The molecule has 1 saturated heterocycles. The highest BCUT2D eigenvalue weighted by molar-refractivity contribution is 5.91. The summed E-state index contributed by atoms with van der Waals surface area (Å²) >= 11 is 0. The highest BCUT2D eigenvalue weighted by Gasteiger charge is 2.33. The lowest BCUT2D eigenvalue weighted by Gasteiger charge is -2.36. The first kappa shape index (κ1) is 29.4. The maximum absolute atomic E-state index is 13.4. The maximum atomic E-state index is 13.4. The summed E-state index contributed by atoms with van der Waals surface area (Å²) in [5.74, 6) is -0.0620. The quantitative estimate of drug-likeness (QED) is 0.342. The highest BCUT2D eigenvalue weighted by Crippen LogP contribution is 2.21. The Morgan fingerprint density at radius 3 is 2.32 bits per heavy atom. The first-order valence-corrected chi connectivity index (χ1v) is 13.7. The normalized spacial score (nSPS) is 17.1. The van der Waals surface area contributed by atoms with Gasteiger partial charge >= 0.3 is 11.9 Å². The molecule has 1 unspecified atom stereocenters. The van der Waals surface area contributed by atoms with Crippen molar-refractivity contribution in [2.75, 3.05) is 13.1 Å². The third-order valence-electron chi connectivity index (χ3n) is 6.50. The molecule has 1 amide bonds. The van der Waals surface area contributed by atoms with E-state index in [1.165, 1.54) is 0 Å². The largest absolute Gasteiger partial charge is 0.458 e. The van der Waals surface area contributed by atoms with Crippen molar-refractivity contribution in [2.45, 2.75) is 84.4 Å². The molecule has 7 nitrogen and oxygen atoms in total. The number of benzene rings is 2. The van der Waals surface area contributed by atoms with E-state index < -0.39 is 23.6 Å². The molecular formula is C31H42N2O5. The van der Waals surface area contributed by atoms with Gasteiger partial charge in [-0.3, -0.25) is 9.69 Å². The van der Waals surface area contributed by atoms with Gasteiger partial charge in [-0.05, 0) is 88.9 Å². The van der Waals surface area contributed by atoms with Crippen LogP contribution in [0.4, 0.5) is 0 Å². The van der Waals surface area contributed by atoms with Gasteiger partial charge in [0.1, 0.15) is 17.4 Å². The van der Waals surface area contributed by atoms with Crippen LogP contribution in [0.3, 0.4) is 0 Å². The molecule has 2 aromatic carbocycles. The van der Waals surface area contributed by atoms with Gasteiger partial charge < -0.3 is 14.8 Å². The average molecular weight is 523 g/mol. The van der Waals surface area contributed by atoms with Crippen molar-refractivity contribution in [3.8, 4) is 5.75 Å². The number of hydrogen-bond acceptors (Lipinski definition) is 6. The lowest BCUT2D eigenvalue weighted by atomic mass is 9.98. The number of carbonyl (C=O) groups is 3. The molecule has 1 heterocycles. The zero-order valence-electron chi connectivity index (χ0n) is 23.4. The monoisotopic (exact) mass is 522 g/mol. The van der Waals surface area contributed by atoms with Gasteiger partial charge in [0.15, 0.2) is 0 Å². The minimum atomic E-state index is -0.826. The highest BCUT2D eigenvalue weighted by atomic mass is 16.6. The summed E-state index contributed by atoms with van der Waals surface area (Å²) in [6.07, 6.45) is 4.16. The summed E-state index contributed by atoms with van der Waals surface area (Å²) < 4.78 is 11.1. The number of hydrogen-bond donors (Lipinski definition) is 1. The fraction of sp³-hybridized carbons (Fsp3) is 0.516. The first-order valence-electron chi connectivity index (χ1n) is 13.7. The number of carbonyl (C=O) groups excluding carboxylic acids is 3. The van der Waals surface area contributed by atoms with Crippen LogP contribution in [0.2, 0.25) is 0 Å². The summed E-state index contributed by atoms with van der Waals surface area (Å²) in [5.41, 5.74) is 0.611. The van der Waals surface area contributed by atoms with Crippen molar-refractivity contribution >= 4 is 17.8 Å². The Balaban J connectivity index is 1.70. The number of likely N-dealkylation sites (tertiary alicyclic amines) is 1. The zero-order valence-corrected chi connectivity index (χ0v) is 23.4. The molecule has 0 aliphatic carbocycles. The van der Waals surface area contributed by atoms with E-state index in [0.717, 1.165) is 44.3 Å². The van der Waals surface area contributed by atoms with E-state index in [2.05, 4.69) is 24.1 Å². The molecule has 0 radical (unpaired) electrons. The minimum Gasteiger partial charge on any atom is -0.458 e. The van der Waals surface area contributed by atoms with E-state index in [9.17, 15) is 14.4 Å². The van der Waals surface area contributed by atoms with Gasteiger partial charge in [0.25, 0.3) is 0 Å². The van der Waals surface area contributed by atoms with Gasteiger partial charge in [-0.15, -0.1) is 0 Å². The third kappa shape index (κ3) is 9.28. The summed E-state index contributed by atoms with van der Waals surface area (Å²) in [6.45, 7) is 11.6. The van der Waals surface area contributed by atoms with E-state index in [1.807, 2.05) is 26.8 Å². The minimum absolute atomic E-state index is 0.127. The molecule has 3 rings (SSSR count). The molecule has 2 atom stereocenters. The molecule has 1 fully saturated rings. The Morgan fingerprint density at radius 1 is 1.00 bits per heavy atom. The lowest BCUT2D eigenvalue weighted by molar-refractivity contribution is -0.159. The number of amides is 1. The predicted molar refractivity (Wildman–Crippen MR) is 148 cm³/mol. The average Bonchev–Trinajstić information content (AvgIpc) is 2.87. The Morgan fingerprint density at radius 2 is 1.68 bits per heavy atom. The lowest BCUT2D eigenvalue weighted by Crippen LogP contribution is -2.54. The molecule has 0 spiro atoms. The third-order valence-corrected chi connectivity index (χ3v) is 6.50. The summed E-state index contributed by atoms with van der Waals surface area (Å²) in [4.78, 5) is 41.1. The predicted octanol–water partition coefficient (Wildman–Crippen LogP) is 5.18. The summed E-state index contributed by atoms with van der Waals surface area (Å²) in [6, 6.07) is 14.7. The number of piperidine rings is 1. The second-order valence-electron chi connectivity index (χ2n) is 11.4. The van der Waals surface area contributed by atoms with E-state index >= 15 is 0 Å². The second kappa shape index (κ2) is 13.6. The van der Waals surface area contributed by atoms with Crippen molar-refractivity contribution in [2.24, 2.45) is 5.92 Å². The Hall–Kier alpha value is -3.19. The molecule has 0 saturated carbocycles. The van der Waals surface area contributed by atoms with Crippen molar-refractivity contribution < 1.29 is 23.9 Å². The van der Waals surface area contributed by atoms with Crippen LogP contribution in [0.5, 0.6) is 5.75 Å². The van der Waals surface area contributed by atoms with E-state index in [1.54, 1.807) is 48.5 Å². The summed E-state index contributed by atoms with van der Waals surface area (Å²) in [7, 11) is 0. The molecule has 7 heteroatoms. The molecular weight excluding hydrogens is 480 g/mol. The molecule has 1 aliphatic rings. The van der Waals surface area contributed by atoms with Crippen molar-refractivity contribution in [3.63, 3.8) is 0 Å². The number of nitrogens with zero attached hydrogens (tertiary/aromatic N) is 1. The topological polar surface area (TPSA) is 84.9 Å². The van der Waals surface area contributed by atoms with E-state index in [-0.39, 0.29) is 18.4 Å². The molecule has 0 bridgehead atoms. The van der Waals surface area contributed by atoms with Crippen LogP contribution in [0, 0.1) is 5.92 Å². The van der Waals surface area contributed by atoms with Crippen LogP contribution in [-0.2, 0) is 20.7 Å².